The Hall–Kier alpha value is -1.84. The predicted molar refractivity (Wildman–Crippen MR) is 90.4 cm³/mol. The normalized spacial score (nSPS) is 18.6. The maximum atomic E-state index is 12.7. The fourth-order valence-corrected chi connectivity index (χ4v) is 2.91. The van der Waals surface area contributed by atoms with Crippen LogP contribution in [0.2, 0.25) is 0 Å². The van der Waals surface area contributed by atoms with Crippen molar-refractivity contribution in [2.45, 2.75) is 46.0 Å². The molecule has 0 bridgehead atoms. The second-order valence-electron chi connectivity index (χ2n) is 7.17. The number of benzene rings is 1. The van der Waals surface area contributed by atoms with Gasteiger partial charge in [0.05, 0.1) is 12.5 Å². The second kappa shape index (κ2) is 7.16. The molecular formula is C19H27NO3. The van der Waals surface area contributed by atoms with E-state index in [1.54, 1.807) is 11.8 Å². The Balaban J connectivity index is 2.06. The Kier molecular flexibility index (Phi) is 5.45. The lowest BCUT2D eigenvalue weighted by Gasteiger charge is -2.31. The number of likely N-dealkylation sites (tertiary alicyclic amines) is 1. The van der Waals surface area contributed by atoms with Gasteiger partial charge in [0.25, 0.3) is 5.91 Å². The molecular weight excluding hydrogens is 290 g/mol. The molecule has 1 heterocycles. The Morgan fingerprint density at radius 2 is 1.87 bits per heavy atom. The highest BCUT2D eigenvalue weighted by molar-refractivity contribution is 5.94. The highest BCUT2D eigenvalue weighted by Crippen LogP contribution is 2.24. The van der Waals surface area contributed by atoms with Gasteiger partial charge in [-0.1, -0.05) is 32.9 Å². The Bertz CT molecular complexity index is 557. The van der Waals surface area contributed by atoms with Gasteiger partial charge in [-0.05, 0) is 42.9 Å². The van der Waals surface area contributed by atoms with E-state index < -0.39 is 0 Å². The fraction of sp³-hybridized carbons (Fsp3) is 0.579. The Labute approximate surface area is 138 Å². The number of hydrogen-bond donors (Lipinski definition) is 0. The quantitative estimate of drug-likeness (QED) is 0.803. The summed E-state index contributed by atoms with van der Waals surface area (Å²) in [6.07, 6.45) is 1.64. The van der Waals surface area contributed by atoms with Gasteiger partial charge in [-0.2, -0.15) is 0 Å². The molecule has 4 heteroatoms. The number of amides is 1. The number of piperidine rings is 1. The van der Waals surface area contributed by atoms with Crippen molar-refractivity contribution in [1.82, 2.24) is 4.90 Å². The monoisotopic (exact) mass is 317 g/mol. The third-order valence-electron chi connectivity index (χ3n) is 4.33. The second-order valence-corrected chi connectivity index (χ2v) is 7.17. The molecule has 0 unspecified atom stereocenters. The molecule has 2 rings (SSSR count). The summed E-state index contributed by atoms with van der Waals surface area (Å²) in [6.45, 7) is 9.81. The molecule has 1 aliphatic rings. The zero-order valence-corrected chi connectivity index (χ0v) is 14.6. The minimum absolute atomic E-state index is 0.000502. The SMILES string of the molecule is CCOC(=O)[C@H]1CCCN(C(=O)c2ccc(C(C)(C)C)cc2)C1. The molecule has 23 heavy (non-hydrogen) atoms. The minimum atomic E-state index is -0.193. The first-order valence-corrected chi connectivity index (χ1v) is 8.39. The van der Waals surface area contributed by atoms with E-state index in [0.29, 0.717) is 25.3 Å². The average molecular weight is 317 g/mol. The number of nitrogens with zero attached hydrogens (tertiary/aromatic N) is 1. The van der Waals surface area contributed by atoms with Gasteiger partial charge in [-0.15, -0.1) is 0 Å². The van der Waals surface area contributed by atoms with E-state index in [1.807, 2.05) is 24.3 Å². The standard InChI is InChI=1S/C19H27NO3/c1-5-23-18(22)15-7-6-12-20(13-15)17(21)14-8-10-16(11-9-14)19(2,3)4/h8-11,15H,5-7,12-13H2,1-4H3/t15-/m0/s1. The lowest BCUT2D eigenvalue weighted by molar-refractivity contribution is -0.149. The summed E-state index contributed by atoms with van der Waals surface area (Å²) >= 11 is 0. The summed E-state index contributed by atoms with van der Waals surface area (Å²) in [5, 5.41) is 0. The highest BCUT2D eigenvalue weighted by Gasteiger charge is 2.29. The average Bonchev–Trinajstić information content (AvgIpc) is 2.54. The fourth-order valence-electron chi connectivity index (χ4n) is 2.91. The zero-order valence-electron chi connectivity index (χ0n) is 14.6. The van der Waals surface area contributed by atoms with Crippen LogP contribution in [0.25, 0.3) is 0 Å². The van der Waals surface area contributed by atoms with Crippen molar-refractivity contribution in [2.75, 3.05) is 19.7 Å². The summed E-state index contributed by atoms with van der Waals surface area (Å²) in [6, 6.07) is 7.80. The largest absolute Gasteiger partial charge is 0.466 e. The summed E-state index contributed by atoms with van der Waals surface area (Å²) in [7, 11) is 0. The molecule has 0 aromatic heterocycles. The minimum Gasteiger partial charge on any atom is -0.466 e. The molecule has 0 aliphatic carbocycles. The number of carbonyl (C=O) groups excluding carboxylic acids is 2. The molecule has 0 radical (unpaired) electrons. The van der Waals surface area contributed by atoms with Crippen LogP contribution >= 0.6 is 0 Å². The van der Waals surface area contributed by atoms with Gasteiger partial charge < -0.3 is 9.64 Å². The molecule has 0 spiro atoms. The van der Waals surface area contributed by atoms with Crippen LogP contribution in [0.1, 0.15) is 56.5 Å². The first kappa shape index (κ1) is 17.5. The van der Waals surface area contributed by atoms with Gasteiger partial charge in [-0.25, -0.2) is 0 Å². The maximum absolute atomic E-state index is 12.7. The van der Waals surface area contributed by atoms with Crippen LogP contribution in [0.5, 0.6) is 0 Å². The van der Waals surface area contributed by atoms with Gasteiger partial charge in [0.15, 0.2) is 0 Å². The van der Waals surface area contributed by atoms with Gasteiger partial charge in [-0.3, -0.25) is 9.59 Å². The molecule has 1 fully saturated rings. The van der Waals surface area contributed by atoms with Gasteiger partial charge in [0, 0.05) is 18.7 Å². The van der Waals surface area contributed by atoms with Crippen LogP contribution in [0, 0.1) is 5.92 Å². The van der Waals surface area contributed by atoms with Crippen LogP contribution in [0.15, 0.2) is 24.3 Å². The summed E-state index contributed by atoms with van der Waals surface area (Å²) in [5.74, 6) is -0.381. The molecule has 1 atom stereocenters. The number of rotatable bonds is 3. The third-order valence-corrected chi connectivity index (χ3v) is 4.33. The van der Waals surface area contributed by atoms with Crippen molar-refractivity contribution in [3.8, 4) is 0 Å². The molecule has 4 nitrogen and oxygen atoms in total. The van der Waals surface area contributed by atoms with E-state index in [9.17, 15) is 9.59 Å². The van der Waals surface area contributed by atoms with E-state index in [2.05, 4.69) is 20.8 Å². The van der Waals surface area contributed by atoms with E-state index >= 15 is 0 Å². The molecule has 1 aliphatic heterocycles. The molecule has 126 valence electrons. The topological polar surface area (TPSA) is 46.6 Å². The highest BCUT2D eigenvalue weighted by atomic mass is 16.5. The van der Waals surface area contributed by atoms with Crippen molar-refractivity contribution < 1.29 is 14.3 Å². The number of esters is 1. The smallest absolute Gasteiger partial charge is 0.310 e. The van der Waals surface area contributed by atoms with Gasteiger partial charge in [0.1, 0.15) is 0 Å². The van der Waals surface area contributed by atoms with Crippen molar-refractivity contribution in [3.05, 3.63) is 35.4 Å². The van der Waals surface area contributed by atoms with Crippen LogP contribution < -0.4 is 0 Å². The van der Waals surface area contributed by atoms with Crippen LogP contribution in [-0.2, 0) is 14.9 Å². The molecule has 1 aromatic rings. The van der Waals surface area contributed by atoms with Gasteiger partial charge >= 0.3 is 5.97 Å². The molecule has 0 N–H and O–H groups in total. The summed E-state index contributed by atoms with van der Waals surface area (Å²) < 4.78 is 5.09. The van der Waals surface area contributed by atoms with Crippen LogP contribution in [0.3, 0.4) is 0 Å². The number of carbonyl (C=O) groups is 2. The molecule has 1 saturated heterocycles. The first-order chi connectivity index (χ1) is 10.8. The third kappa shape index (κ3) is 4.34. The van der Waals surface area contributed by atoms with E-state index in [-0.39, 0.29) is 23.2 Å². The molecule has 1 aromatic carbocycles. The first-order valence-electron chi connectivity index (χ1n) is 8.39. The number of ether oxygens (including phenoxy) is 1. The summed E-state index contributed by atoms with van der Waals surface area (Å²) in [5.41, 5.74) is 1.96. The van der Waals surface area contributed by atoms with Crippen LogP contribution in [-0.4, -0.2) is 36.5 Å². The molecule has 0 saturated carbocycles. The van der Waals surface area contributed by atoms with Crippen molar-refractivity contribution in [3.63, 3.8) is 0 Å². The lowest BCUT2D eigenvalue weighted by Crippen LogP contribution is -2.42. The summed E-state index contributed by atoms with van der Waals surface area (Å²) in [4.78, 5) is 26.3. The lowest BCUT2D eigenvalue weighted by atomic mass is 9.86. The Morgan fingerprint density at radius 3 is 2.43 bits per heavy atom. The maximum Gasteiger partial charge on any atom is 0.310 e. The zero-order chi connectivity index (χ0) is 17.0. The van der Waals surface area contributed by atoms with Crippen molar-refractivity contribution in [1.29, 1.82) is 0 Å². The van der Waals surface area contributed by atoms with E-state index in [1.165, 1.54) is 5.56 Å². The van der Waals surface area contributed by atoms with E-state index in [0.717, 1.165) is 12.8 Å². The van der Waals surface area contributed by atoms with E-state index in [4.69, 9.17) is 4.74 Å². The Morgan fingerprint density at radius 1 is 1.22 bits per heavy atom. The molecule has 1 amide bonds. The number of hydrogen-bond acceptors (Lipinski definition) is 3. The predicted octanol–water partition coefficient (Wildman–Crippen LogP) is 3.40. The van der Waals surface area contributed by atoms with Gasteiger partial charge in [0.2, 0.25) is 0 Å². The van der Waals surface area contributed by atoms with Crippen LogP contribution in [0.4, 0.5) is 0 Å². The van der Waals surface area contributed by atoms with Crippen molar-refractivity contribution >= 4 is 11.9 Å². The van der Waals surface area contributed by atoms with Crippen molar-refractivity contribution in [2.24, 2.45) is 5.92 Å².